The Hall–Kier alpha value is -1.13. The number of hydrogen-bond donors (Lipinski definition) is 1. The molecule has 0 saturated heterocycles. The van der Waals surface area contributed by atoms with Gasteiger partial charge in [0.1, 0.15) is 0 Å². The van der Waals surface area contributed by atoms with Gasteiger partial charge in [0, 0.05) is 36.6 Å². The van der Waals surface area contributed by atoms with E-state index in [9.17, 15) is 5.11 Å². The molecule has 2 rings (SSSR count). The van der Waals surface area contributed by atoms with Crippen molar-refractivity contribution in [2.45, 2.75) is 6.61 Å². The third-order valence-electron chi connectivity index (χ3n) is 2.12. The van der Waals surface area contributed by atoms with Gasteiger partial charge in [0.2, 0.25) is 0 Å². The highest BCUT2D eigenvalue weighted by atomic mass is 32.1. The number of aromatic nitrogens is 1. The van der Waals surface area contributed by atoms with Gasteiger partial charge in [0.15, 0.2) is 0 Å². The lowest BCUT2D eigenvalue weighted by molar-refractivity contribution is 0.286. The van der Waals surface area contributed by atoms with Crippen molar-refractivity contribution < 1.29 is 5.11 Å². The fourth-order valence-corrected chi connectivity index (χ4v) is 2.68. The van der Waals surface area contributed by atoms with Crippen LogP contribution in [0.2, 0.25) is 0 Å². The van der Waals surface area contributed by atoms with E-state index in [1.54, 1.807) is 17.5 Å². The zero-order chi connectivity index (χ0) is 10.1. The van der Waals surface area contributed by atoms with Crippen LogP contribution < -0.4 is 4.90 Å². The third kappa shape index (κ3) is 1.36. The molecule has 0 bridgehead atoms. The Morgan fingerprint density at radius 1 is 1.50 bits per heavy atom. The second-order valence-electron chi connectivity index (χ2n) is 3.30. The molecular formula is C10H12N2OS. The SMILES string of the molecule is CN(C)c1c(CO)sc2ccncc12. The minimum Gasteiger partial charge on any atom is -0.391 e. The summed E-state index contributed by atoms with van der Waals surface area (Å²) in [7, 11) is 3.96. The van der Waals surface area contributed by atoms with Gasteiger partial charge in [-0.15, -0.1) is 11.3 Å². The van der Waals surface area contributed by atoms with Crippen LogP contribution in [0.15, 0.2) is 18.5 Å². The van der Waals surface area contributed by atoms with E-state index in [2.05, 4.69) is 4.98 Å². The largest absolute Gasteiger partial charge is 0.391 e. The molecule has 0 aliphatic rings. The Labute approximate surface area is 86.6 Å². The van der Waals surface area contributed by atoms with E-state index in [0.717, 1.165) is 16.0 Å². The van der Waals surface area contributed by atoms with E-state index in [-0.39, 0.29) is 6.61 Å². The molecule has 0 amide bonds. The van der Waals surface area contributed by atoms with Crippen molar-refractivity contribution in [3.63, 3.8) is 0 Å². The van der Waals surface area contributed by atoms with E-state index < -0.39 is 0 Å². The zero-order valence-electron chi connectivity index (χ0n) is 8.19. The molecule has 0 fully saturated rings. The van der Waals surface area contributed by atoms with Crippen LogP contribution in [-0.4, -0.2) is 24.2 Å². The maximum absolute atomic E-state index is 9.23. The topological polar surface area (TPSA) is 36.4 Å². The van der Waals surface area contributed by atoms with Crippen LogP contribution in [-0.2, 0) is 6.61 Å². The number of hydrogen-bond acceptors (Lipinski definition) is 4. The van der Waals surface area contributed by atoms with Crippen molar-refractivity contribution in [1.82, 2.24) is 4.98 Å². The first-order valence-corrected chi connectivity index (χ1v) is 5.19. The summed E-state index contributed by atoms with van der Waals surface area (Å²) in [5.74, 6) is 0. The van der Waals surface area contributed by atoms with Gasteiger partial charge in [-0.1, -0.05) is 0 Å². The molecule has 0 aliphatic carbocycles. The van der Waals surface area contributed by atoms with Crippen LogP contribution in [0.4, 0.5) is 5.69 Å². The highest BCUT2D eigenvalue weighted by molar-refractivity contribution is 7.19. The van der Waals surface area contributed by atoms with Gasteiger partial charge in [-0.05, 0) is 6.07 Å². The summed E-state index contributed by atoms with van der Waals surface area (Å²) in [5, 5.41) is 10.3. The first-order valence-electron chi connectivity index (χ1n) is 4.37. The average Bonchev–Trinajstić information content (AvgIpc) is 2.55. The maximum atomic E-state index is 9.23. The Kier molecular flexibility index (Phi) is 2.39. The molecule has 1 N–H and O–H groups in total. The summed E-state index contributed by atoms with van der Waals surface area (Å²) < 4.78 is 1.17. The summed E-state index contributed by atoms with van der Waals surface area (Å²) in [6.07, 6.45) is 3.62. The van der Waals surface area contributed by atoms with Gasteiger partial charge in [-0.2, -0.15) is 0 Å². The summed E-state index contributed by atoms with van der Waals surface area (Å²) in [6, 6.07) is 1.98. The van der Waals surface area contributed by atoms with E-state index in [0.29, 0.717) is 0 Å². The standard InChI is InChI=1S/C10H12N2OS/c1-12(2)10-7-5-11-4-3-8(7)14-9(10)6-13/h3-5,13H,6H2,1-2H3. The maximum Gasteiger partial charge on any atom is 0.0795 e. The molecule has 74 valence electrons. The molecule has 0 aliphatic heterocycles. The Balaban J connectivity index is 2.74. The van der Waals surface area contributed by atoms with Crippen LogP contribution >= 0.6 is 11.3 Å². The molecule has 14 heavy (non-hydrogen) atoms. The molecular weight excluding hydrogens is 196 g/mol. The zero-order valence-corrected chi connectivity index (χ0v) is 9.01. The lowest BCUT2D eigenvalue weighted by Crippen LogP contribution is -2.09. The van der Waals surface area contributed by atoms with Gasteiger partial charge in [0.05, 0.1) is 17.2 Å². The van der Waals surface area contributed by atoms with E-state index in [1.807, 2.05) is 31.3 Å². The first-order chi connectivity index (χ1) is 6.74. The molecule has 2 aromatic rings. The van der Waals surface area contributed by atoms with Gasteiger partial charge in [-0.25, -0.2) is 0 Å². The molecule has 0 unspecified atom stereocenters. The van der Waals surface area contributed by atoms with Crippen molar-refractivity contribution in [1.29, 1.82) is 0 Å². The first kappa shape index (κ1) is 9.43. The predicted octanol–water partition coefficient (Wildman–Crippen LogP) is 1.85. The third-order valence-corrected chi connectivity index (χ3v) is 3.27. The van der Waals surface area contributed by atoms with Crippen molar-refractivity contribution in [3.8, 4) is 0 Å². The highest BCUT2D eigenvalue weighted by Crippen LogP contribution is 2.36. The Morgan fingerprint density at radius 2 is 2.29 bits per heavy atom. The molecule has 0 atom stereocenters. The molecule has 4 heteroatoms. The summed E-state index contributed by atoms with van der Waals surface area (Å²) in [4.78, 5) is 7.12. The number of thiophene rings is 1. The monoisotopic (exact) mass is 208 g/mol. The number of pyridine rings is 1. The molecule has 3 nitrogen and oxygen atoms in total. The lowest BCUT2D eigenvalue weighted by Gasteiger charge is -2.12. The number of nitrogens with zero attached hydrogens (tertiary/aromatic N) is 2. The number of anilines is 1. The second-order valence-corrected chi connectivity index (χ2v) is 4.43. The normalized spacial score (nSPS) is 10.8. The van der Waals surface area contributed by atoms with Crippen LogP contribution in [0.3, 0.4) is 0 Å². The minimum atomic E-state index is 0.0901. The highest BCUT2D eigenvalue weighted by Gasteiger charge is 2.12. The van der Waals surface area contributed by atoms with E-state index >= 15 is 0 Å². The van der Waals surface area contributed by atoms with E-state index in [1.165, 1.54) is 4.70 Å². The van der Waals surface area contributed by atoms with Gasteiger partial charge in [0.25, 0.3) is 0 Å². The average molecular weight is 208 g/mol. The Bertz CT molecular complexity index is 450. The van der Waals surface area contributed by atoms with Crippen molar-refractivity contribution >= 4 is 27.1 Å². The summed E-state index contributed by atoms with van der Waals surface area (Å²) in [5.41, 5.74) is 1.08. The fraction of sp³-hybridized carbons (Fsp3) is 0.300. The van der Waals surface area contributed by atoms with Gasteiger partial charge in [-0.3, -0.25) is 4.98 Å². The smallest absolute Gasteiger partial charge is 0.0795 e. The molecule has 0 saturated carbocycles. The van der Waals surface area contributed by atoms with Crippen LogP contribution in [0.1, 0.15) is 4.88 Å². The van der Waals surface area contributed by atoms with Crippen molar-refractivity contribution in [2.24, 2.45) is 0 Å². The van der Waals surface area contributed by atoms with Crippen molar-refractivity contribution in [3.05, 3.63) is 23.3 Å². The summed E-state index contributed by atoms with van der Waals surface area (Å²) in [6.45, 7) is 0.0901. The fourth-order valence-electron chi connectivity index (χ4n) is 1.58. The molecule has 2 heterocycles. The van der Waals surface area contributed by atoms with Crippen LogP contribution in [0.25, 0.3) is 10.1 Å². The number of fused-ring (bicyclic) bond motifs is 1. The lowest BCUT2D eigenvalue weighted by atomic mass is 10.2. The second kappa shape index (κ2) is 3.55. The number of rotatable bonds is 2. The van der Waals surface area contributed by atoms with Gasteiger partial charge < -0.3 is 10.0 Å². The molecule has 0 radical (unpaired) electrons. The summed E-state index contributed by atoms with van der Waals surface area (Å²) >= 11 is 1.62. The Morgan fingerprint density at radius 3 is 2.93 bits per heavy atom. The van der Waals surface area contributed by atoms with Gasteiger partial charge >= 0.3 is 0 Å². The number of aliphatic hydroxyl groups is 1. The van der Waals surface area contributed by atoms with Crippen LogP contribution in [0.5, 0.6) is 0 Å². The molecule has 0 spiro atoms. The molecule has 2 aromatic heterocycles. The molecule has 0 aromatic carbocycles. The van der Waals surface area contributed by atoms with Crippen molar-refractivity contribution in [2.75, 3.05) is 19.0 Å². The van der Waals surface area contributed by atoms with Crippen LogP contribution in [0, 0.1) is 0 Å². The predicted molar refractivity (Wildman–Crippen MR) is 59.9 cm³/mol. The quantitative estimate of drug-likeness (QED) is 0.818. The minimum absolute atomic E-state index is 0.0901. The number of aliphatic hydroxyl groups excluding tert-OH is 1. The van der Waals surface area contributed by atoms with E-state index in [4.69, 9.17) is 0 Å².